The van der Waals surface area contributed by atoms with Crippen molar-refractivity contribution in [3.8, 4) is 6.07 Å². The second kappa shape index (κ2) is 13.2. The number of amides is 1. The minimum atomic E-state index is 0. The molecular weight excluding hydrogens is 458 g/mol. The monoisotopic (exact) mass is 472 g/mol. The molecule has 1 amide bonds. The second-order valence-electron chi connectivity index (χ2n) is 2.62. The molecule has 0 aliphatic carbocycles. The van der Waals surface area contributed by atoms with Gasteiger partial charge in [0.2, 0.25) is 0 Å². The number of hydrogen-bond donors (Lipinski definition) is 1. The van der Waals surface area contributed by atoms with E-state index in [4.69, 9.17) is 0 Å². The first-order chi connectivity index (χ1) is 7.93. The molecule has 6 heteroatoms. The van der Waals surface area contributed by atoms with Crippen molar-refractivity contribution in [1.82, 2.24) is 10.3 Å². The van der Waals surface area contributed by atoms with Gasteiger partial charge in [0.15, 0.2) is 0 Å². The SMILES string of the molecule is O=[C-]NCCC[N+]#Cc1cccnc1.[B]C.[Fm]. The molecule has 1 heterocycles. The molecule has 17 heavy (non-hydrogen) atoms. The van der Waals surface area contributed by atoms with Crippen LogP contribution in [0.1, 0.15) is 12.0 Å². The summed E-state index contributed by atoms with van der Waals surface area (Å²) in [4.78, 5) is 17.7. The molecular formula is C11H14BFmN3O. The molecule has 0 aliphatic heterocycles. The summed E-state index contributed by atoms with van der Waals surface area (Å²) in [5, 5.41) is 2.44. The maximum atomic E-state index is 9.77. The number of aromatic nitrogens is 1. The van der Waals surface area contributed by atoms with E-state index in [1.807, 2.05) is 12.1 Å². The topological polar surface area (TPSA) is 46.4 Å². The van der Waals surface area contributed by atoms with Crippen molar-refractivity contribution < 1.29 is 4.79 Å². The van der Waals surface area contributed by atoms with Gasteiger partial charge in [0.1, 0.15) is 5.56 Å². The van der Waals surface area contributed by atoms with Gasteiger partial charge < -0.3 is 10.1 Å². The van der Waals surface area contributed by atoms with Gasteiger partial charge in [0.05, 0.1) is 7.85 Å². The molecule has 4 nitrogen and oxygen atoms in total. The summed E-state index contributed by atoms with van der Waals surface area (Å²) in [6, 6.07) is 6.57. The van der Waals surface area contributed by atoms with Crippen LogP contribution in [0.25, 0.3) is 4.85 Å². The molecule has 0 aromatic carbocycles. The van der Waals surface area contributed by atoms with E-state index in [0.29, 0.717) is 13.1 Å². The predicted molar refractivity (Wildman–Crippen MR) is 65.4 cm³/mol. The first-order valence-electron chi connectivity index (χ1n) is 4.94. The third-order valence-corrected chi connectivity index (χ3v) is 1.51. The molecule has 0 bridgehead atoms. The fraction of sp³-hybridized carbons (Fsp3) is 0.364. The van der Waals surface area contributed by atoms with E-state index >= 15 is 0 Å². The summed E-state index contributed by atoms with van der Waals surface area (Å²) < 4.78 is 0. The first-order valence-corrected chi connectivity index (χ1v) is 4.94. The van der Waals surface area contributed by atoms with Crippen LogP contribution in [0, 0.1) is 6.07 Å². The molecule has 1 aromatic rings. The molecule has 0 fully saturated rings. The van der Waals surface area contributed by atoms with Gasteiger partial charge in [-0.05, 0) is 18.7 Å². The fourth-order valence-electron chi connectivity index (χ4n) is 0.874. The Labute approximate surface area is 97.3 Å². The van der Waals surface area contributed by atoms with E-state index in [0.717, 1.165) is 12.0 Å². The average Bonchev–Trinajstić information content (AvgIpc) is 2.37. The molecule has 94 valence electrons. The number of carbonyl (C=O) groups excluding carboxylic acids is 1. The van der Waals surface area contributed by atoms with Crippen molar-refractivity contribution in [2.24, 2.45) is 0 Å². The van der Waals surface area contributed by atoms with Gasteiger partial charge in [-0.3, -0.25) is 4.98 Å². The van der Waals surface area contributed by atoms with E-state index in [-0.39, 0.29) is 0 Å². The Hall–Kier alpha value is -2.83. The summed E-state index contributed by atoms with van der Waals surface area (Å²) in [5.41, 5.74) is 0.863. The normalized spacial score (nSPS) is 7.35. The second-order valence-corrected chi connectivity index (χ2v) is 2.62. The van der Waals surface area contributed by atoms with Gasteiger partial charge in [0, 0.05) is 18.8 Å². The van der Waals surface area contributed by atoms with Crippen LogP contribution in [0.15, 0.2) is 24.5 Å². The maximum absolute atomic E-state index is 9.77. The standard InChI is InChI=1S/C10H11N3O.CH3B.Fm/c14-9-13-6-2-5-12-8-10-3-1-4-11-7-10;1-2;/h1,3-4,7H,2,5-6H2,(H,13,14);1H3;. The summed E-state index contributed by atoms with van der Waals surface area (Å²) in [7, 11) is 4.50. The van der Waals surface area contributed by atoms with Crippen LogP contribution in [0.2, 0.25) is 6.82 Å². The zero-order chi connectivity index (χ0) is 12.1. The van der Waals surface area contributed by atoms with E-state index in [2.05, 4.69) is 29.1 Å². The molecule has 1 aromatic heterocycles. The summed E-state index contributed by atoms with van der Waals surface area (Å²) in [6.07, 6.45) is 5.80. The van der Waals surface area contributed by atoms with Crippen LogP contribution in [-0.4, -0.2) is 32.3 Å². The van der Waals surface area contributed by atoms with Crippen LogP contribution in [0.5, 0.6) is 0 Å². The Kier molecular flexibility index (Phi) is 12.9. The van der Waals surface area contributed by atoms with Crippen LogP contribution in [0.3, 0.4) is 0 Å². The van der Waals surface area contributed by atoms with Crippen LogP contribution >= 0.6 is 0 Å². The average molecular weight is 472 g/mol. The zero-order valence-corrected chi connectivity index (χ0v) is 12.0. The first kappa shape index (κ1) is 16.6. The van der Waals surface area contributed by atoms with Crippen molar-refractivity contribution in [2.75, 3.05) is 13.1 Å². The molecule has 0 atom stereocenters. The molecule has 0 unspecified atom stereocenters. The van der Waals surface area contributed by atoms with Crippen molar-refractivity contribution in [1.29, 1.82) is 0 Å². The van der Waals surface area contributed by atoms with Crippen LogP contribution < -0.4 is 5.32 Å². The molecule has 2 radical (unpaired) electrons. The summed E-state index contributed by atoms with van der Waals surface area (Å²) >= 11 is 0. The Morgan fingerprint density at radius 1 is 1.59 bits per heavy atom. The Morgan fingerprint density at radius 3 is 2.94 bits per heavy atom. The minimum Gasteiger partial charge on any atom is -0.530 e. The van der Waals surface area contributed by atoms with Crippen LogP contribution in [-0.2, 0) is 4.79 Å². The number of nitrogens with zero attached hydrogens (tertiary/aromatic N) is 2. The van der Waals surface area contributed by atoms with Gasteiger partial charge in [0.25, 0.3) is 6.54 Å². The molecule has 0 spiro atoms. The van der Waals surface area contributed by atoms with E-state index in [1.165, 1.54) is 6.82 Å². The Morgan fingerprint density at radius 2 is 2.35 bits per heavy atom. The van der Waals surface area contributed by atoms with Crippen molar-refractivity contribution in [3.05, 3.63) is 34.9 Å². The number of rotatable bonds is 4. The maximum Gasteiger partial charge on any atom is 0.312 e. The van der Waals surface area contributed by atoms with E-state index in [9.17, 15) is 4.79 Å². The summed E-state index contributed by atoms with van der Waals surface area (Å²) in [6.45, 7) is 2.74. The Bertz CT molecular complexity index is 338. The minimum absolute atomic E-state index is 0. The largest absolute Gasteiger partial charge is 0.530 e. The molecule has 1 rings (SSSR count). The van der Waals surface area contributed by atoms with Gasteiger partial charge in [-0.25, -0.2) is 0 Å². The van der Waals surface area contributed by atoms with Crippen LogP contribution in [0.4, 0.5) is 0 Å². The van der Waals surface area contributed by atoms with E-state index < -0.39 is 0 Å². The molecule has 1 N–H and O–H groups in total. The third kappa shape index (κ3) is 9.48. The molecule has 0 aliphatic rings. The zero-order valence-electron chi connectivity index (χ0n) is 9.60. The van der Waals surface area contributed by atoms with E-state index in [1.54, 1.807) is 18.8 Å². The molecule has 0 saturated heterocycles. The fourth-order valence-corrected chi connectivity index (χ4v) is 0.874. The van der Waals surface area contributed by atoms with Gasteiger partial charge >= 0.3 is 6.07 Å². The number of hydrogen-bond acceptors (Lipinski definition) is 2. The quantitative estimate of drug-likeness (QED) is 0.308. The van der Waals surface area contributed by atoms with Gasteiger partial charge in [-0.1, -0.05) is 11.7 Å². The van der Waals surface area contributed by atoms with Gasteiger partial charge in [-0.2, -0.15) is 6.41 Å². The molecule has 0 saturated carbocycles. The smallest absolute Gasteiger partial charge is 0.312 e. The van der Waals surface area contributed by atoms with Crippen molar-refractivity contribution >= 4 is 14.3 Å². The van der Waals surface area contributed by atoms with Gasteiger partial charge in [-0.15, -0.1) is 0 Å². The number of pyridine rings is 1. The Balaban J connectivity index is 0. The predicted octanol–water partition coefficient (Wildman–Crippen LogP) is 1.01. The summed E-state index contributed by atoms with van der Waals surface area (Å²) in [5.74, 6) is 0. The van der Waals surface area contributed by atoms with Crippen molar-refractivity contribution in [2.45, 2.75) is 13.2 Å². The third-order valence-electron chi connectivity index (χ3n) is 1.51. The number of nitrogens with one attached hydrogen (secondary N) is 1. The van der Waals surface area contributed by atoms with Crippen molar-refractivity contribution in [3.63, 3.8) is 0 Å².